The lowest BCUT2D eigenvalue weighted by Gasteiger charge is -2.33. The van der Waals surface area contributed by atoms with Crippen LogP contribution in [0.3, 0.4) is 0 Å². The second-order valence-electron chi connectivity index (χ2n) is 5.67. The molecule has 1 unspecified atom stereocenters. The predicted octanol–water partition coefficient (Wildman–Crippen LogP) is 1.45. The molecule has 0 aromatic heterocycles. The summed E-state index contributed by atoms with van der Waals surface area (Å²) in [7, 11) is 0. The van der Waals surface area contributed by atoms with Crippen LogP contribution >= 0.6 is 0 Å². The zero-order valence-electron chi connectivity index (χ0n) is 11.2. The Bertz CT molecular complexity index is 456. The van der Waals surface area contributed by atoms with E-state index in [-0.39, 0.29) is 5.91 Å². The molecule has 98 valence electrons. The van der Waals surface area contributed by atoms with Crippen LogP contribution in [0.1, 0.15) is 26.3 Å². The van der Waals surface area contributed by atoms with Crippen molar-refractivity contribution in [3.63, 3.8) is 0 Å². The number of nitrogens with two attached hydrogens (primary N) is 1. The number of carbonyl (C=O) groups is 1. The Labute approximate surface area is 108 Å². The summed E-state index contributed by atoms with van der Waals surface area (Å²) in [6, 6.07) is 8.80. The quantitative estimate of drug-likeness (QED) is 0.483. The van der Waals surface area contributed by atoms with Gasteiger partial charge in [-0.15, -0.1) is 0 Å². The van der Waals surface area contributed by atoms with Gasteiger partial charge in [-0.05, 0) is 38.8 Å². The van der Waals surface area contributed by atoms with Crippen LogP contribution < -0.4 is 16.2 Å². The number of hydrazine groups is 1. The van der Waals surface area contributed by atoms with E-state index in [0.29, 0.717) is 12.6 Å². The number of carbonyl (C=O) groups excluding carboxylic acids is 1. The standard InChI is InChI=1S/C14H21N3O/c1-10-8-11-6-4-5-7-12(11)17(10)9-14(2,3)13(18)16-15/h4-7,10H,8-9,15H2,1-3H3,(H,16,18). The first kappa shape index (κ1) is 12.9. The zero-order chi connectivity index (χ0) is 13.3. The van der Waals surface area contributed by atoms with Crippen molar-refractivity contribution in [1.29, 1.82) is 0 Å². The molecule has 0 fully saturated rings. The number of nitrogens with one attached hydrogen (secondary N) is 1. The Hall–Kier alpha value is -1.55. The molecule has 4 heteroatoms. The highest BCUT2D eigenvalue weighted by molar-refractivity contribution is 5.82. The SMILES string of the molecule is CC1Cc2ccccc2N1CC(C)(C)C(=O)NN. The van der Waals surface area contributed by atoms with Crippen molar-refractivity contribution in [3.8, 4) is 0 Å². The average molecular weight is 247 g/mol. The highest BCUT2D eigenvalue weighted by Crippen LogP contribution is 2.34. The third-order valence-electron chi connectivity index (χ3n) is 3.66. The smallest absolute Gasteiger partial charge is 0.241 e. The maximum Gasteiger partial charge on any atom is 0.241 e. The van der Waals surface area contributed by atoms with E-state index in [9.17, 15) is 4.79 Å². The minimum absolute atomic E-state index is 0.126. The molecule has 18 heavy (non-hydrogen) atoms. The summed E-state index contributed by atoms with van der Waals surface area (Å²) in [6.45, 7) is 6.70. The van der Waals surface area contributed by atoms with E-state index < -0.39 is 5.41 Å². The van der Waals surface area contributed by atoms with Crippen LogP contribution in [-0.4, -0.2) is 18.5 Å². The van der Waals surface area contributed by atoms with Gasteiger partial charge in [-0.25, -0.2) is 5.84 Å². The first-order chi connectivity index (χ1) is 8.45. The summed E-state index contributed by atoms with van der Waals surface area (Å²) in [4.78, 5) is 14.1. The number of para-hydroxylation sites is 1. The minimum Gasteiger partial charge on any atom is -0.367 e. The number of amides is 1. The molecule has 0 radical (unpaired) electrons. The highest BCUT2D eigenvalue weighted by Gasteiger charge is 2.34. The molecule has 1 atom stereocenters. The summed E-state index contributed by atoms with van der Waals surface area (Å²) >= 11 is 0. The van der Waals surface area contributed by atoms with Crippen LogP contribution in [0.2, 0.25) is 0 Å². The van der Waals surface area contributed by atoms with Crippen molar-refractivity contribution < 1.29 is 4.79 Å². The Morgan fingerprint density at radius 2 is 2.17 bits per heavy atom. The Kier molecular flexibility index (Phi) is 3.30. The van der Waals surface area contributed by atoms with Crippen LogP contribution in [0.4, 0.5) is 5.69 Å². The summed E-state index contributed by atoms with van der Waals surface area (Å²) in [5.41, 5.74) is 4.35. The summed E-state index contributed by atoms with van der Waals surface area (Å²) in [6.07, 6.45) is 1.04. The van der Waals surface area contributed by atoms with Gasteiger partial charge in [-0.1, -0.05) is 18.2 Å². The lowest BCUT2D eigenvalue weighted by Crippen LogP contribution is -2.48. The molecule has 0 saturated heterocycles. The molecule has 1 amide bonds. The Morgan fingerprint density at radius 1 is 1.50 bits per heavy atom. The van der Waals surface area contributed by atoms with E-state index in [1.165, 1.54) is 11.3 Å². The molecule has 2 rings (SSSR count). The maximum atomic E-state index is 11.8. The van der Waals surface area contributed by atoms with Crippen molar-refractivity contribution in [3.05, 3.63) is 29.8 Å². The van der Waals surface area contributed by atoms with Gasteiger partial charge < -0.3 is 4.90 Å². The number of fused-ring (bicyclic) bond motifs is 1. The van der Waals surface area contributed by atoms with Gasteiger partial charge in [0.15, 0.2) is 0 Å². The maximum absolute atomic E-state index is 11.8. The first-order valence-electron chi connectivity index (χ1n) is 6.31. The molecule has 0 aliphatic carbocycles. The van der Waals surface area contributed by atoms with Crippen LogP contribution in [0.25, 0.3) is 0 Å². The lowest BCUT2D eigenvalue weighted by molar-refractivity contribution is -0.129. The van der Waals surface area contributed by atoms with Crippen LogP contribution in [-0.2, 0) is 11.2 Å². The lowest BCUT2D eigenvalue weighted by atomic mass is 9.91. The highest BCUT2D eigenvalue weighted by atomic mass is 16.2. The normalized spacial score (nSPS) is 18.7. The number of hydrogen-bond donors (Lipinski definition) is 2. The van der Waals surface area contributed by atoms with Gasteiger partial charge in [0, 0.05) is 18.3 Å². The van der Waals surface area contributed by atoms with E-state index in [2.05, 4.69) is 35.4 Å². The van der Waals surface area contributed by atoms with Gasteiger partial charge in [0.25, 0.3) is 0 Å². The van der Waals surface area contributed by atoms with Gasteiger partial charge in [0.2, 0.25) is 5.91 Å². The minimum atomic E-state index is -0.500. The van der Waals surface area contributed by atoms with Gasteiger partial charge in [-0.2, -0.15) is 0 Å². The Morgan fingerprint density at radius 3 is 2.83 bits per heavy atom. The molecule has 1 aliphatic rings. The van der Waals surface area contributed by atoms with Crippen LogP contribution in [0.5, 0.6) is 0 Å². The number of benzene rings is 1. The van der Waals surface area contributed by atoms with Gasteiger partial charge >= 0.3 is 0 Å². The van der Waals surface area contributed by atoms with Crippen molar-refractivity contribution in [2.45, 2.75) is 33.2 Å². The fourth-order valence-electron chi connectivity index (χ4n) is 2.56. The van der Waals surface area contributed by atoms with E-state index in [1.807, 2.05) is 19.9 Å². The van der Waals surface area contributed by atoms with Crippen molar-refractivity contribution >= 4 is 11.6 Å². The van der Waals surface area contributed by atoms with E-state index in [1.54, 1.807) is 0 Å². The van der Waals surface area contributed by atoms with E-state index >= 15 is 0 Å². The fourth-order valence-corrected chi connectivity index (χ4v) is 2.56. The van der Waals surface area contributed by atoms with Crippen LogP contribution in [0, 0.1) is 5.41 Å². The molecule has 4 nitrogen and oxygen atoms in total. The van der Waals surface area contributed by atoms with E-state index in [0.717, 1.165) is 6.42 Å². The van der Waals surface area contributed by atoms with Gasteiger partial charge in [0.1, 0.15) is 0 Å². The topological polar surface area (TPSA) is 58.4 Å². The molecule has 3 N–H and O–H groups in total. The number of hydrogen-bond acceptors (Lipinski definition) is 3. The molecule has 1 aromatic carbocycles. The third kappa shape index (κ3) is 2.20. The molecule has 1 heterocycles. The summed E-state index contributed by atoms with van der Waals surface area (Å²) < 4.78 is 0. The predicted molar refractivity (Wildman–Crippen MR) is 73.1 cm³/mol. The van der Waals surface area contributed by atoms with Crippen molar-refractivity contribution in [2.75, 3.05) is 11.4 Å². The van der Waals surface area contributed by atoms with Crippen molar-refractivity contribution in [1.82, 2.24) is 5.43 Å². The van der Waals surface area contributed by atoms with Crippen LogP contribution in [0.15, 0.2) is 24.3 Å². The van der Waals surface area contributed by atoms with Gasteiger partial charge in [-0.3, -0.25) is 10.2 Å². The second kappa shape index (κ2) is 4.61. The van der Waals surface area contributed by atoms with E-state index in [4.69, 9.17) is 5.84 Å². The third-order valence-corrected chi connectivity index (χ3v) is 3.66. The largest absolute Gasteiger partial charge is 0.367 e. The fraction of sp³-hybridized carbons (Fsp3) is 0.500. The first-order valence-corrected chi connectivity index (χ1v) is 6.31. The second-order valence-corrected chi connectivity index (χ2v) is 5.67. The van der Waals surface area contributed by atoms with Crippen molar-refractivity contribution in [2.24, 2.45) is 11.3 Å². The molecule has 0 spiro atoms. The summed E-state index contributed by atoms with van der Waals surface area (Å²) in [5, 5.41) is 0. The average Bonchev–Trinajstić information content (AvgIpc) is 2.65. The number of rotatable bonds is 3. The monoisotopic (exact) mass is 247 g/mol. The Balaban J connectivity index is 2.22. The number of nitrogens with zero attached hydrogens (tertiary/aromatic N) is 1. The number of anilines is 1. The molecule has 0 saturated carbocycles. The molecule has 1 aromatic rings. The van der Waals surface area contributed by atoms with Gasteiger partial charge in [0.05, 0.1) is 5.41 Å². The molecule has 0 bridgehead atoms. The zero-order valence-corrected chi connectivity index (χ0v) is 11.2. The molecular formula is C14H21N3O. The molecular weight excluding hydrogens is 226 g/mol. The molecule has 1 aliphatic heterocycles. The summed E-state index contributed by atoms with van der Waals surface area (Å²) in [5.74, 6) is 5.12.